The number of aromatic carboxylic acids is 1. The lowest BCUT2D eigenvalue weighted by Gasteiger charge is -2.07. The zero-order chi connectivity index (χ0) is 15.1. The molecule has 0 bridgehead atoms. The Morgan fingerprint density at radius 2 is 1.95 bits per heavy atom. The van der Waals surface area contributed by atoms with Crippen LogP contribution in [-0.4, -0.2) is 25.8 Å². The number of pyridine rings is 1. The molecular weight excluding hydrogens is 275 g/mol. The van der Waals surface area contributed by atoms with Crippen molar-refractivity contribution >= 4 is 5.97 Å². The van der Waals surface area contributed by atoms with Crippen molar-refractivity contribution in [3.8, 4) is 5.82 Å². The monoisotopic (exact) mass is 285 g/mol. The number of hydrogen-bond acceptors (Lipinski definition) is 3. The minimum atomic E-state index is -4.47. The minimum absolute atomic E-state index is 0.0201. The van der Waals surface area contributed by atoms with Gasteiger partial charge < -0.3 is 5.11 Å². The number of aromatic nitrogens is 3. The van der Waals surface area contributed by atoms with Gasteiger partial charge in [0.05, 0.1) is 17.0 Å². The second kappa shape index (κ2) is 4.62. The Morgan fingerprint density at radius 3 is 2.35 bits per heavy atom. The standard InChI is InChI=1S/C12H10F3N3O2/c1-6-10(11(19)20)7(2)18(17-6)9-4-3-8(5-16-9)12(13,14)15/h3-5H,1-2H3,(H,19,20). The van der Waals surface area contributed by atoms with Crippen LogP contribution in [0, 0.1) is 13.8 Å². The van der Waals surface area contributed by atoms with Crippen molar-refractivity contribution < 1.29 is 23.1 Å². The molecule has 0 aliphatic heterocycles. The topological polar surface area (TPSA) is 68.0 Å². The van der Waals surface area contributed by atoms with Crippen molar-refractivity contribution in [2.75, 3.05) is 0 Å². The third kappa shape index (κ3) is 2.36. The Bertz CT molecular complexity index is 660. The van der Waals surface area contributed by atoms with E-state index in [1.165, 1.54) is 18.5 Å². The SMILES string of the molecule is Cc1nn(-c2ccc(C(F)(F)F)cn2)c(C)c1C(=O)O. The molecule has 0 aliphatic carbocycles. The second-order valence-electron chi connectivity index (χ2n) is 4.17. The maximum atomic E-state index is 12.4. The van der Waals surface area contributed by atoms with E-state index in [4.69, 9.17) is 5.11 Å². The lowest BCUT2D eigenvalue weighted by Crippen LogP contribution is -2.08. The van der Waals surface area contributed by atoms with Crippen LogP contribution in [0.1, 0.15) is 27.3 Å². The molecule has 0 unspecified atom stereocenters. The van der Waals surface area contributed by atoms with Gasteiger partial charge in [-0.15, -0.1) is 0 Å². The molecule has 0 radical (unpaired) electrons. The van der Waals surface area contributed by atoms with E-state index >= 15 is 0 Å². The average Bonchev–Trinajstić information content (AvgIpc) is 2.64. The second-order valence-corrected chi connectivity index (χ2v) is 4.17. The predicted octanol–water partition coefficient (Wildman–Crippen LogP) is 2.60. The van der Waals surface area contributed by atoms with Crippen molar-refractivity contribution in [1.29, 1.82) is 0 Å². The minimum Gasteiger partial charge on any atom is -0.478 e. The van der Waals surface area contributed by atoms with Crippen molar-refractivity contribution in [2.24, 2.45) is 0 Å². The van der Waals surface area contributed by atoms with Crippen LogP contribution in [0.15, 0.2) is 18.3 Å². The summed E-state index contributed by atoms with van der Waals surface area (Å²) in [5.41, 5.74) is -0.271. The molecule has 0 fully saturated rings. The Balaban J connectivity index is 2.48. The van der Waals surface area contributed by atoms with Crippen LogP contribution in [0.2, 0.25) is 0 Å². The van der Waals surface area contributed by atoms with E-state index in [-0.39, 0.29) is 17.1 Å². The molecule has 0 aliphatic rings. The molecule has 2 heterocycles. The van der Waals surface area contributed by atoms with E-state index in [0.29, 0.717) is 11.9 Å². The molecule has 0 amide bonds. The van der Waals surface area contributed by atoms with Gasteiger partial charge in [0.1, 0.15) is 5.56 Å². The van der Waals surface area contributed by atoms with Gasteiger partial charge in [-0.1, -0.05) is 0 Å². The molecule has 0 spiro atoms. The lowest BCUT2D eigenvalue weighted by molar-refractivity contribution is -0.137. The van der Waals surface area contributed by atoms with Crippen LogP contribution >= 0.6 is 0 Å². The number of alkyl halides is 3. The number of carboxylic acids is 1. The third-order valence-corrected chi connectivity index (χ3v) is 2.80. The number of aryl methyl sites for hydroxylation is 1. The van der Waals surface area contributed by atoms with Crippen molar-refractivity contribution in [1.82, 2.24) is 14.8 Å². The van der Waals surface area contributed by atoms with Gasteiger partial charge in [0.2, 0.25) is 0 Å². The summed E-state index contributed by atoms with van der Waals surface area (Å²) in [6, 6.07) is 2.02. The van der Waals surface area contributed by atoms with Gasteiger partial charge in [-0.05, 0) is 26.0 Å². The zero-order valence-electron chi connectivity index (χ0n) is 10.6. The summed E-state index contributed by atoms with van der Waals surface area (Å²) in [6.45, 7) is 3.03. The van der Waals surface area contributed by atoms with Gasteiger partial charge in [-0.25, -0.2) is 14.5 Å². The summed E-state index contributed by atoms with van der Waals surface area (Å²) < 4.78 is 38.5. The van der Waals surface area contributed by atoms with Crippen molar-refractivity contribution in [3.63, 3.8) is 0 Å². The van der Waals surface area contributed by atoms with Crippen LogP contribution < -0.4 is 0 Å². The van der Waals surface area contributed by atoms with Gasteiger partial charge in [0.25, 0.3) is 0 Å². The highest BCUT2D eigenvalue weighted by Gasteiger charge is 2.31. The van der Waals surface area contributed by atoms with E-state index in [2.05, 4.69) is 10.1 Å². The molecule has 0 saturated carbocycles. The Hall–Kier alpha value is -2.38. The van der Waals surface area contributed by atoms with Crippen molar-refractivity contribution in [2.45, 2.75) is 20.0 Å². The summed E-state index contributed by atoms with van der Waals surface area (Å²) in [4.78, 5) is 14.7. The Morgan fingerprint density at radius 1 is 1.30 bits per heavy atom. The average molecular weight is 285 g/mol. The molecule has 0 aromatic carbocycles. The summed E-state index contributed by atoms with van der Waals surface area (Å²) in [5, 5.41) is 13.0. The first-order chi connectivity index (χ1) is 9.21. The third-order valence-electron chi connectivity index (χ3n) is 2.80. The fourth-order valence-corrected chi connectivity index (χ4v) is 1.85. The molecule has 1 N–H and O–H groups in total. The van der Waals surface area contributed by atoms with Gasteiger partial charge in [0.15, 0.2) is 5.82 Å². The number of halogens is 3. The summed E-state index contributed by atoms with van der Waals surface area (Å²) in [5.74, 6) is -1.01. The van der Waals surface area contributed by atoms with Gasteiger partial charge in [-0.3, -0.25) is 0 Å². The number of nitrogens with zero attached hydrogens (tertiary/aromatic N) is 3. The fraction of sp³-hybridized carbons (Fsp3) is 0.250. The van der Waals surface area contributed by atoms with Crippen molar-refractivity contribution in [3.05, 3.63) is 40.8 Å². The molecular formula is C12H10F3N3O2. The quantitative estimate of drug-likeness (QED) is 0.921. The zero-order valence-corrected chi connectivity index (χ0v) is 10.6. The van der Waals surface area contributed by atoms with Crippen LogP contribution in [0.3, 0.4) is 0 Å². The highest BCUT2D eigenvalue weighted by molar-refractivity contribution is 5.90. The molecule has 5 nitrogen and oxygen atoms in total. The smallest absolute Gasteiger partial charge is 0.417 e. The number of carbonyl (C=O) groups is 1. The van der Waals surface area contributed by atoms with Gasteiger partial charge in [-0.2, -0.15) is 18.3 Å². The van der Waals surface area contributed by atoms with Gasteiger partial charge >= 0.3 is 12.1 Å². The van der Waals surface area contributed by atoms with E-state index in [1.807, 2.05) is 0 Å². The van der Waals surface area contributed by atoms with Crippen LogP contribution in [0.4, 0.5) is 13.2 Å². The number of rotatable bonds is 2. The fourth-order valence-electron chi connectivity index (χ4n) is 1.85. The highest BCUT2D eigenvalue weighted by atomic mass is 19.4. The number of hydrogen-bond donors (Lipinski definition) is 1. The molecule has 106 valence electrons. The summed E-state index contributed by atoms with van der Waals surface area (Å²) in [7, 11) is 0. The summed E-state index contributed by atoms with van der Waals surface area (Å²) >= 11 is 0. The van der Waals surface area contributed by atoms with E-state index in [0.717, 1.165) is 12.1 Å². The molecule has 20 heavy (non-hydrogen) atoms. The maximum Gasteiger partial charge on any atom is 0.417 e. The van der Waals surface area contributed by atoms with Crippen LogP contribution in [-0.2, 0) is 6.18 Å². The molecule has 0 saturated heterocycles. The van der Waals surface area contributed by atoms with E-state index < -0.39 is 17.7 Å². The van der Waals surface area contributed by atoms with E-state index in [9.17, 15) is 18.0 Å². The highest BCUT2D eigenvalue weighted by Crippen LogP contribution is 2.29. The maximum absolute atomic E-state index is 12.4. The number of carboxylic acid groups (broad SMARTS) is 1. The van der Waals surface area contributed by atoms with E-state index in [1.54, 1.807) is 0 Å². The normalized spacial score (nSPS) is 11.7. The molecule has 2 rings (SSSR count). The predicted molar refractivity (Wildman–Crippen MR) is 62.8 cm³/mol. The summed E-state index contributed by atoms with van der Waals surface area (Å²) in [6.07, 6.45) is -3.78. The lowest BCUT2D eigenvalue weighted by atomic mass is 10.2. The molecule has 0 atom stereocenters. The molecule has 2 aromatic heterocycles. The first-order valence-corrected chi connectivity index (χ1v) is 5.55. The largest absolute Gasteiger partial charge is 0.478 e. The molecule has 8 heteroatoms. The first kappa shape index (κ1) is 14.0. The first-order valence-electron chi connectivity index (χ1n) is 5.55. The van der Waals surface area contributed by atoms with Gasteiger partial charge in [0, 0.05) is 6.20 Å². The Kier molecular flexibility index (Phi) is 3.24. The van der Waals surface area contributed by atoms with Crippen LogP contribution in [0.5, 0.6) is 0 Å². The molecule has 2 aromatic rings. The Labute approximate surface area is 111 Å². The van der Waals surface area contributed by atoms with Crippen LogP contribution in [0.25, 0.3) is 5.82 Å².